The summed E-state index contributed by atoms with van der Waals surface area (Å²) in [5.41, 5.74) is 2.81. The maximum Gasteiger partial charge on any atom is 0.238 e. The largest absolute Gasteiger partial charge is 0.351 e. The molecule has 144 valence electrons. The van der Waals surface area contributed by atoms with Gasteiger partial charge in [0.2, 0.25) is 5.91 Å². The van der Waals surface area contributed by atoms with Gasteiger partial charge in [-0.2, -0.15) is 0 Å². The summed E-state index contributed by atoms with van der Waals surface area (Å²) < 4.78 is 0. The molecular formula is C23H26N4O. The van der Waals surface area contributed by atoms with Crippen molar-refractivity contribution in [3.8, 4) is 0 Å². The van der Waals surface area contributed by atoms with Crippen LogP contribution in [0.2, 0.25) is 0 Å². The first-order chi connectivity index (χ1) is 13.5. The Morgan fingerprint density at radius 1 is 1.18 bits per heavy atom. The molecule has 2 aliphatic carbocycles. The number of hydrogen-bond acceptors (Lipinski definition) is 4. The zero-order valence-electron chi connectivity index (χ0n) is 16.7. The number of likely N-dealkylation sites (tertiary alicyclic amines) is 1. The van der Waals surface area contributed by atoms with Gasteiger partial charge in [-0.25, -0.2) is 9.97 Å². The van der Waals surface area contributed by atoms with Crippen molar-refractivity contribution < 1.29 is 4.79 Å². The Balaban J connectivity index is 1.57. The van der Waals surface area contributed by atoms with Crippen LogP contribution in [-0.4, -0.2) is 38.3 Å². The first kappa shape index (κ1) is 17.4. The Labute approximate surface area is 166 Å². The summed E-state index contributed by atoms with van der Waals surface area (Å²) in [4.78, 5) is 26.6. The van der Waals surface area contributed by atoms with Crippen LogP contribution in [0.5, 0.6) is 0 Å². The van der Waals surface area contributed by atoms with E-state index >= 15 is 0 Å². The van der Waals surface area contributed by atoms with Crippen molar-refractivity contribution in [3.05, 3.63) is 65.7 Å². The van der Waals surface area contributed by atoms with Crippen LogP contribution in [0.4, 0.5) is 0 Å². The lowest BCUT2D eigenvalue weighted by Crippen LogP contribution is -2.40. The molecule has 0 radical (unpaired) electrons. The Morgan fingerprint density at radius 3 is 2.64 bits per heavy atom. The molecule has 0 bridgehead atoms. The highest BCUT2D eigenvalue weighted by Crippen LogP contribution is 2.51. The van der Waals surface area contributed by atoms with Gasteiger partial charge in [0.15, 0.2) is 0 Å². The summed E-state index contributed by atoms with van der Waals surface area (Å²) >= 11 is 0. The normalized spacial score (nSPS) is 26.0. The van der Waals surface area contributed by atoms with Gasteiger partial charge in [-0.1, -0.05) is 32.1 Å². The molecule has 1 saturated carbocycles. The molecule has 2 aliphatic heterocycles. The zero-order valence-corrected chi connectivity index (χ0v) is 16.7. The number of aromatic nitrogens is 2. The molecule has 1 saturated heterocycles. The molecule has 0 spiro atoms. The standard InChI is InChI=1S/C23H26N4O/c1-15-24-13-17(14-25-15)16-7-10-19-20(12-16)27(22(28)23(19,2)3)21-6-4-5-11-26(21)18-8-9-18/h4-7,12-14,18-19H,8-11H2,1-3H3. The summed E-state index contributed by atoms with van der Waals surface area (Å²) in [6.07, 6.45) is 17.8. The quantitative estimate of drug-likeness (QED) is 0.807. The number of rotatable bonds is 3. The van der Waals surface area contributed by atoms with Crippen LogP contribution in [0.15, 0.2) is 54.3 Å². The highest BCUT2D eigenvalue weighted by Gasteiger charge is 2.53. The SMILES string of the molecule is Cc1ncc(C2=CCC3C(=C2)N(C2=CC=CCN2C2CC2)C(=O)C3(C)C)cn1. The number of carbonyl (C=O) groups excluding carboxylic acids is 1. The van der Waals surface area contributed by atoms with Crippen LogP contribution in [0.1, 0.15) is 44.5 Å². The van der Waals surface area contributed by atoms with Gasteiger partial charge in [0.05, 0.1) is 5.41 Å². The van der Waals surface area contributed by atoms with Crippen LogP contribution in [0, 0.1) is 18.3 Å². The topological polar surface area (TPSA) is 49.3 Å². The fraction of sp³-hybridized carbons (Fsp3) is 0.435. The van der Waals surface area contributed by atoms with Crippen LogP contribution < -0.4 is 0 Å². The second-order valence-corrected chi connectivity index (χ2v) is 8.73. The third-order valence-electron chi connectivity index (χ3n) is 6.43. The number of amides is 1. The van der Waals surface area contributed by atoms with Gasteiger partial charge in [-0.15, -0.1) is 0 Å². The number of fused-ring (bicyclic) bond motifs is 1. The van der Waals surface area contributed by atoms with Crippen molar-refractivity contribution in [2.24, 2.45) is 11.3 Å². The van der Waals surface area contributed by atoms with E-state index in [0.29, 0.717) is 6.04 Å². The minimum Gasteiger partial charge on any atom is -0.351 e. The highest BCUT2D eigenvalue weighted by molar-refractivity contribution is 5.91. The molecule has 1 aromatic rings. The molecule has 0 aromatic carbocycles. The average Bonchev–Trinajstić information content (AvgIpc) is 3.51. The second-order valence-electron chi connectivity index (χ2n) is 8.73. The van der Waals surface area contributed by atoms with Crippen molar-refractivity contribution >= 4 is 11.5 Å². The Kier molecular flexibility index (Phi) is 3.83. The molecule has 3 heterocycles. The van der Waals surface area contributed by atoms with E-state index in [1.807, 2.05) is 24.2 Å². The first-order valence-electron chi connectivity index (χ1n) is 10.2. The fourth-order valence-corrected chi connectivity index (χ4v) is 4.55. The van der Waals surface area contributed by atoms with E-state index in [-0.39, 0.29) is 11.8 Å². The number of carbonyl (C=O) groups is 1. The van der Waals surface area contributed by atoms with E-state index in [4.69, 9.17) is 0 Å². The number of hydrogen-bond donors (Lipinski definition) is 0. The fourth-order valence-electron chi connectivity index (χ4n) is 4.55. The van der Waals surface area contributed by atoms with Crippen molar-refractivity contribution in [2.75, 3.05) is 6.54 Å². The maximum absolute atomic E-state index is 13.5. The van der Waals surface area contributed by atoms with Gasteiger partial charge >= 0.3 is 0 Å². The van der Waals surface area contributed by atoms with Crippen molar-refractivity contribution in [1.82, 2.24) is 19.8 Å². The second kappa shape index (κ2) is 6.16. The summed E-state index contributed by atoms with van der Waals surface area (Å²) in [6.45, 7) is 6.95. The molecule has 1 unspecified atom stereocenters. The lowest BCUT2D eigenvalue weighted by atomic mass is 9.75. The third kappa shape index (κ3) is 2.64. The van der Waals surface area contributed by atoms with Gasteiger partial charge in [0.25, 0.3) is 0 Å². The summed E-state index contributed by atoms with van der Waals surface area (Å²) in [5, 5.41) is 0. The van der Waals surface area contributed by atoms with Gasteiger partial charge in [0.1, 0.15) is 11.6 Å². The molecule has 4 aliphatic rings. The van der Waals surface area contributed by atoms with E-state index in [1.54, 1.807) is 0 Å². The average molecular weight is 374 g/mol. The summed E-state index contributed by atoms with van der Waals surface area (Å²) in [6, 6.07) is 0.566. The highest BCUT2D eigenvalue weighted by atomic mass is 16.2. The van der Waals surface area contributed by atoms with Crippen LogP contribution in [0.3, 0.4) is 0 Å². The zero-order chi connectivity index (χ0) is 19.5. The van der Waals surface area contributed by atoms with Crippen LogP contribution in [0.25, 0.3) is 5.57 Å². The predicted molar refractivity (Wildman–Crippen MR) is 109 cm³/mol. The molecule has 0 N–H and O–H groups in total. The summed E-state index contributed by atoms with van der Waals surface area (Å²) in [7, 11) is 0. The molecular weight excluding hydrogens is 348 g/mol. The van der Waals surface area contributed by atoms with E-state index in [9.17, 15) is 4.79 Å². The summed E-state index contributed by atoms with van der Waals surface area (Å²) in [5.74, 6) is 2.20. The molecule has 5 rings (SSSR count). The van der Waals surface area contributed by atoms with E-state index in [1.165, 1.54) is 12.8 Å². The minimum absolute atomic E-state index is 0.197. The van der Waals surface area contributed by atoms with Crippen molar-refractivity contribution in [3.63, 3.8) is 0 Å². The van der Waals surface area contributed by atoms with Gasteiger partial charge in [-0.3, -0.25) is 9.69 Å². The monoisotopic (exact) mass is 374 g/mol. The predicted octanol–water partition coefficient (Wildman–Crippen LogP) is 3.82. The molecule has 5 nitrogen and oxygen atoms in total. The molecule has 1 aromatic heterocycles. The Bertz CT molecular complexity index is 947. The first-order valence-corrected chi connectivity index (χ1v) is 10.2. The van der Waals surface area contributed by atoms with Crippen LogP contribution >= 0.6 is 0 Å². The third-order valence-corrected chi connectivity index (χ3v) is 6.43. The molecule has 28 heavy (non-hydrogen) atoms. The number of aryl methyl sites for hydroxylation is 1. The molecule has 2 fully saturated rings. The van der Waals surface area contributed by atoms with Crippen molar-refractivity contribution in [1.29, 1.82) is 0 Å². The lowest BCUT2D eigenvalue weighted by Gasteiger charge is -2.35. The van der Waals surface area contributed by atoms with Crippen LogP contribution in [-0.2, 0) is 4.79 Å². The number of nitrogens with zero attached hydrogens (tertiary/aromatic N) is 4. The maximum atomic E-state index is 13.5. The van der Waals surface area contributed by atoms with E-state index in [2.05, 4.69) is 59.1 Å². The molecule has 1 atom stereocenters. The lowest BCUT2D eigenvalue weighted by molar-refractivity contribution is -0.134. The van der Waals surface area contributed by atoms with Gasteiger partial charge in [0, 0.05) is 42.2 Å². The van der Waals surface area contributed by atoms with Gasteiger partial charge in [-0.05, 0) is 43.9 Å². The minimum atomic E-state index is -0.408. The van der Waals surface area contributed by atoms with Crippen molar-refractivity contribution in [2.45, 2.75) is 46.1 Å². The molecule has 5 heteroatoms. The van der Waals surface area contributed by atoms with E-state index in [0.717, 1.165) is 41.4 Å². The Hall–Kier alpha value is -2.69. The van der Waals surface area contributed by atoms with Gasteiger partial charge < -0.3 is 4.90 Å². The Morgan fingerprint density at radius 2 is 1.93 bits per heavy atom. The molecule has 1 amide bonds. The van der Waals surface area contributed by atoms with E-state index < -0.39 is 5.41 Å². The number of allylic oxidation sites excluding steroid dienone is 6. The smallest absolute Gasteiger partial charge is 0.238 e.